The first-order valence-corrected chi connectivity index (χ1v) is 5.47. The van der Waals surface area contributed by atoms with Crippen molar-refractivity contribution in [3.05, 3.63) is 29.6 Å². The van der Waals surface area contributed by atoms with E-state index in [-0.39, 0.29) is 11.7 Å². The Morgan fingerprint density at radius 3 is 2.76 bits per heavy atom. The van der Waals surface area contributed by atoms with Crippen molar-refractivity contribution in [3.63, 3.8) is 0 Å². The van der Waals surface area contributed by atoms with E-state index in [0.29, 0.717) is 24.4 Å². The van der Waals surface area contributed by atoms with Crippen molar-refractivity contribution in [2.24, 2.45) is 5.92 Å². The number of rotatable bonds is 5. The van der Waals surface area contributed by atoms with Crippen molar-refractivity contribution in [1.82, 2.24) is 4.90 Å². The van der Waals surface area contributed by atoms with Gasteiger partial charge in [-0.3, -0.25) is 0 Å². The van der Waals surface area contributed by atoms with Gasteiger partial charge < -0.3 is 9.64 Å². The van der Waals surface area contributed by atoms with Gasteiger partial charge in [0, 0.05) is 24.7 Å². The Morgan fingerprint density at radius 2 is 2.24 bits per heavy atom. The van der Waals surface area contributed by atoms with E-state index < -0.39 is 0 Å². The highest BCUT2D eigenvalue weighted by Gasteiger charge is 2.09. The average Bonchev–Trinajstić information content (AvgIpc) is 2.31. The molecule has 0 saturated heterocycles. The molecule has 0 fully saturated rings. The molecule has 4 heteroatoms. The van der Waals surface area contributed by atoms with Crippen LogP contribution in [0.4, 0.5) is 4.39 Å². The molecule has 0 amide bonds. The summed E-state index contributed by atoms with van der Waals surface area (Å²) in [6.07, 6.45) is 0. The lowest BCUT2D eigenvalue weighted by Gasteiger charge is -2.18. The minimum atomic E-state index is -0.277. The second kappa shape index (κ2) is 6.21. The van der Waals surface area contributed by atoms with Gasteiger partial charge in [0.15, 0.2) is 0 Å². The molecule has 0 aromatic heterocycles. The van der Waals surface area contributed by atoms with E-state index in [4.69, 9.17) is 10.00 Å². The maximum absolute atomic E-state index is 13.6. The number of benzene rings is 1. The molecule has 3 nitrogen and oxygen atoms in total. The van der Waals surface area contributed by atoms with E-state index in [2.05, 4.69) is 6.07 Å². The summed E-state index contributed by atoms with van der Waals surface area (Å²) in [5, 5.41) is 8.71. The summed E-state index contributed by atoms with van der Waals surface area (Å²) in [7, 11) is 3.38. The Labute approximate surface area is 101 Å². The third-order valence-corrected chi connectivity index (χ3v) is 2.51. The third kappa shape index (κ3) is 4.04. The molecule has 1 aromatic rings. The molecule has 0 radical (unpaired) electrons. The molecule has 0 aliphatic heterocycles. The fourth-order valence-corrected chi connectivity index (χ4v) is 1.65. The first kappa shape index (κ1) is 13.5. The average molecular weight is 236 g/mol. The first-order valence-electron chi connectivity index (χ1n) is 5.47. The van der Waals surface area contributed by atoms with Crippen LogP contribution in [0.5, 0.6) is 5.75 Å². The zero-order valence-electron chi connectivity index (χ0n) is 10.4. The van der Waals surface area contributed by atoms with Crippen molar-refractivity contribution >= 4 is 0 Å². The maximum Gasteiger partial charge on any atom is 0.131 e. The molecular formula is C13H17FN2O. The molecule has 0 saturated carbocycles. The van der Waals surface area contributed by atoms with Crippen molar-refractivity contribution < 1.29 is 9.13 Å². The van der Waals surface area contributed by atoms with Gasteiger partial charge in [-0.2, -0.15) is 5.26 Å². The minimum Gasteiger partial charge on any atom is -0.497 e. The van der Waals surface area contributed by atoms with Gasteiger partial charge in [-0.15, -0.1) is 0 Å². The monoisotopic (exact) mass is 236 g/mol. The third-order valence-electron chi connectivity index (χ3n) is 2.51. The predicted octanol–water partition coefficient (Wildman–Crippen LogP) is 2.43. The smallest absolute Gasteiger partial charge is 0.131 e. The molecule has 1 unspecified atom stereocenters. The van der Waals surface area contributed by atoms with E-state index in [9.17, 15) is 4.39 Å². The Morgan fingerprint density at radius 1 is 1.53 bits per heavy atom. The molecule has 1 atom stereocenters. The zero-order chi connectivity index (χ0) is 12.8. The van der Waals surface area contributed by atoms with Crippen LogP contribution in [0.15, 0.2) is 18.2 Å². The Kier molecular flexibility index (Phi) is 4.92. The van der Waals surface area contributed by atoms with Gasteiger partial charge in [0.05, 0.1) is 19.1 Å². The standard InChI is InChI=1S/C13H17FN2O/c1-10(7-15)8-16(2)9-11-4-5-12(17-3)6-13(11)14/h4-6,10H,8-9H2,1-3H3. The van der Waals surface area contributed by atoms with Crippen LogP contribution in [0.25, 0.3) is 0 Å². The minimum absolute atomic E-state index is 0.0543. The summed E-state index contributed by atoms with van der Waals surface area (Å²) in [5.74, 6) is 0.182. The molecule has 17 heavy (non-hydrogen) atoms. The number of ether oxygens (including phenoxy) is 1. The first-order chi connectivity index (χ1) is 8.06. The molecule has 0 N–H and O–H groups in total. The molecule has 0 heterocycles. The van der Waals surface area contributed by atoms with Crippen LogP contribution < -0.4 is 4.74 Å². The highest BCUT2D eigenvalue weighted by molar-refractivity contribution is 5.28. The van der Waals surface area contributed by atoms with Crippen molar-refractivity contribution in [3.8, 4) is 11.8 Å². The van der Waals surface area contributed by atoms with E-state index in [1.807, 2.05) is 18.9 Å². The number of methoxy groups -OCH3 is 1. The van der Waals surface area contributed by atoms with E-state index in [0.717, 1.165) is 0 Å². The summed E-state index contributed by atoms with van der Waals surface area (Å²) in [4.78, 5) is 1.93. The van der Waals surface area contributed by atoms with Crippen LogP contribution in [0.2, 0.25) is 0 Å². The van der Waals surface area contributed by atoms with Gasteiger partial charge in [0.2, 0.25) is 0 Å². The molecule has 0 aliphatic carbocycles. The number of hydrogen-bond acceptors (Lipinski definition) is 3. The normalized spacial score (nSPS) is 12.2. The van der Waals surface area contributed by atoms with E-state index in [1.54, 1.807) is 12.1 Å². The number of nitrogens with zero attached hydrogens (tertiary/aromatic N) is 2. The summed E-state index contributed by atoms with van der Waals surface area (Å²) < 4.78 is 18.6. The van der Waals surface area contributed by atoms with Gasteiger partial charge >= 0.3 is 0 Å². The van der Waals surface area contributed by atoms with Gasteiger partial charge in [-0.25, -0.2) is 4.39 Å². The van der Waals surface area contributed by atoms with Crippen LogP contribution in [-0.2, 0) is 6.54 Å². The Hall–Kier alpha value is -1.60. The van der Waals surface area contributed by atoms with Gasteiger partial charge in [-0.1, -0.05) is 6.07 Å². The molecule has 1 rings (SSSR count). The van der Waals surface area contributed by atoms with E-state index in [1.165, 1.54) is 13.2 Å². The van der Waals surface area contributed by atoms with Crippen molar-refractivity contribution in [2.45, 2.75) is 13.5 Å². The molecule has 0 aliphatic rings. The van der Waals surface area contributed by atoms with Crippen LogP contribution >= 0.6 is 0 Å². The second-order valence-electron chi connectivity index (χ2n) is 4.18. The Balaban J connectivity index is 2.66. The molecule has 0 bridgehead atoms. The zero-order valence-corrected chi connectivity index (χ0v) is 10.4. The number of halogens is 1. The molecule has 0 spiro atoms. The lowest BCUT2D eigenvalue weighted by Crippen LogP contribution is -2.23. The largest absolute Gasteiger partial charge is 0.497 e. The van der Waals surface area contributed by atoms with E-state index >= 15 is 0 Å². The van der Waals surface area contributed by atoms with Crippen LogP contribution in [0, 0.1) is 23.1 Å². The topological polar surface area (TPSA) is 36.3 Å². The highest BCUT2D eigenvalue weighted by atomic mass is 19.1. The molecule has 92 valence electrons. The fraction of sp³-hybridized carbons (Fsp3) is 0.462. The maximum atomic E-state index is 13.6. The van der Waals surface area contributed by atoms with Gasteiger partial charge in [0.25, 0.3) is 0 Å². The predicted molar refractivity (Wildman–Crippen MR) is 64.1 cm³/mol. The summed E-state index contributed by atoms with van der Waals surface area (Å²) in [6.45, 7) is 2.96. The van der Waals surface area contributed by atoms with Gasteiger partial charge in [0.1, 0.15) is 11.6 Å². The summed E-state index contributed by atoms with van der Waals surface area (Å²) >= 11 is 0. The van der Waals surface area contributed by atoms with Gasteiger partial charge in [-0.05, 0) is 20.0 Å². The lowest BCUT2D eigenvalue weighted by atomic mass is 10.1. The van der Waals surface area contributed by atoms with Crippen LogP contribution in [0.3, 0.4) is 0 Å². The summed E-state index contributed by atoms with van der Waals surface area (Å²) in [5.41, 5.74) is 0.610. The second-order valence-corrected chi connectivity index (χ2v) is 4.18. The number of hydrogen-bond donors (Lipinski definition) is 0. The quantitative estimate of drug-likeness (QED) is 0.787. The number of nitriles is 1. The van der Waals surface area contributed by atoms with Crippen molar-refractivity contribution in [1.29, 1.82) is 5.26 Å². The summed E-state index contributed by atoms with van der Waals surface area (Å²) in [6, 6.07) is 6.98. The molecule has 1 aromatic carbocycles. The fourth-order valence-electron chi connectivity index (χ4n) is 1.65. The lowest BCUT2D eigenvalue weighted by molar-refractivity contribution is 0.298. The van der Waals surface area contributed by atoms with Crippen molar-refractivity contribution in [2.75, 3.05) is 20.7 Å². The Bertz CT molecular complexity index is 414. The SMILES string of the molecule is COc1ccc(CN(C)CC(C)C#N)c(F)c1. The molecular weight excluding hydrogens is 219 g/mol. The van der Waals surface area contributed by atoms with Crippen LogP contribution in [-0.4, -0.2) is 25.6 Å². The van der Waals surface area contributed by atoms with Crippen LogP contribution in [0.1, 0.15) is 12.5 Å². The highest BCUT2D eigenvalue weighted by Crippen LogP contribution is 2.17.